The Kier molecular flexibility index (Phi) is 4.04. The van der Waals surface area contributed by atoms with Crippen LogP contribution in [0.2, 0.25) is 0 Å². The van der Waals surface area contributed by atoms with Crippen molar-refractivity contribution in [3.8, 4) is 0 Å². The number of nitrogens with zero attached hydrogens (tertiary/aromatic N) is 1. The Morgan fingerprint density at radius 1 is 1.57 bits per heavy atom. The van der Waals surface area contributed by atoms with Gasteiger partial charge in [0.05, 0.1) is 0 Å². The number of alkyl halides is 1. The maximum absolute atomic E-state index is 12.4. The van der Waals surface area contributed by atoms with Gasteiger partial charge in [-0.05, 0) is 31.0 Å². The van der Waals surface area contributed by atoms with Crippen LogP contribution in [-0.2, 0) is 11.2 Å². The van der Waals surface area contributed by atoms with E-state index in [1.165, 1.54) is 6.92 Å². The maximum atomic E-state index is 12.4. The zero-order chi connectivity index (χ0) is 10.4. The summed E-state index contributed by atoms with van der Waals surface area (Å²) >= 11 is 0. The van der Waals surface area contributed by atoms with Crippen LogP contribution in [0, 0.1) is 0 Å². The van der Waals surface area contributed by atoms with Crippen LogP contribution in [0.3, 0.4) is 0 Å². The van der Waals surface area contributed by atoms with Crippen molar-refractivity contribution in [2.75, 3.05) is 6.54 Å². The van der Waals surface area contributed by atoms with Crippen LogP contribution in [0.4, 0.5) is 4.39 Å². The minimum atomic E-state index is -1.44. The minimum absolute atomic E-state index is 0.455. The minimum Gasteiger partial charge on any atom is -0.353 e. The number of pyridine rings is 1. The van der Waals surface area contributed by atoms with Crippen LogP contribution in [0.15, 0.2) is 24.5 Å². The van der Waals surface area contributed by atoms with Gasteiger partial charge >= 0.3 is 0 Å². The van der Waals surface area contributed by atoms with Crippen molar-refractivity contribution in [3.05, 3.63) is 30.1 Å². The van der Waals surface area contributed by atoms with Gasteiger partial charge in [-0.25, -0.2) is 4.39 Å². The molecule has 4 heteroatoms. The quantitative estimate of drug-likeness (QED) is 0.783. The van der Waals surface area contributed by atoms with Gasteiger partial charge in [0.1, 0.15) is 0 Å². The number of carbonyl (C=O) groups is 1. The molecular formula is C10H13FN2O. The molecule has 0 saturated carbocycles. The molecule has 1 rings (SSSR count). The van der Waals surface area contributed by atoms with E-state index in [-0.39, 0.29) is 0 Å². The van der Waals surface area contributed by atoms with Gasteiger partial charge in [-0.2, -0.15) is 0 Å². The second kappa shape index (κ2) is 5.32. The van der Waals surface area contributed by atoms with Crippen LogP contribution in [-0.4, -0.2) is 23.6 Å². The molecule has 1 aromatic heterocycles. The zero-order valence-corrected chi connectivity index (χ0v) is 8.03. The van der Waals surface area contributed by atoms with Crippen molar-refractivity contribution < 1.29 is 9.18 Å². The van der Waals surface area contributed by atoms with Crippen LogP contribution in [0.25, 0.3) is 0 Å². The van der Waals surface area contributed by atoms with Gasteiger partial charge in [0, 0.05) is 18.9 Å². The number of nitrogens with one attached hydrogen (secondary N) is 1. The number of carbonyl (C=O) groups excluding carboxylic acids is 1. The Morgan fingerprint density at radius 3 is 2.79 bits per heavy atom. The molecule has 76 valence electrons. The first-order valence-electron chi connectivity index (χ1n) is 4.51. The number of rotatable bonds is 4. The SMILES string of the molecule is CC(F)C(=O)NCCc1ccncc1. The molecule has 1 unspecified atom stereocenters. The molecular weight excluding hydrogens is 183 g/mol. The molecule has 0 aliphatic carbocycles. The summed E-state index contributed by atoms with van der Waals surface area (Å²) < 4.78 is 12.4. The van der Waals surface area contributed by atoms with E-state index < -0.39 is 12.1 Å². The van der Waals surface area contributed by atoms with Crippen molar-refractivity contribution in [1.29, 1.82) is 0 Å². The van der Waals surface area contributed by atoms with Crippen molar-refractivity contribution in [2.24, 2.45) is 0 Å². The highest BCUT2D eigenvalue weighted by atomic mass is 19.1. The Bertz CT molecular complexity index is 287. The fourth-order valence-electron chi connectivity index (χ4n) is 1.02. The Labute approximate surface area is 82.4 Å². The van der Waals surface area contributed by atoms with Gasteiger partial charge in [-0.3, -0.25) is 9.78 Å². The summed E-state index contributed by atoms with van der Waals surface area (Å²) in [6.07, 6.45) is 2.64. The summed E-state index contributed by atoms with van der Waals surface area (Å²) in [6.45, 7) is 1.68. The number of amides is 1. The molecule has 0 fully saturated rings. The Hall–Kier alpha value is -1.45. The zero-order valence-electron chi connectivity index (χ0n) is 8.03. The summed E-state index contributed by atoms with van der Waals surface area (Å²) in [6, 6.07) is 3.73. The number of hydrogen-bond donors (Lipinski definition) is 1. The van der Waals surface area contributed by atoms with Crippen LogP contribution < -0.4 is 5.32 Å². The highest BCUT2D eigenvalue weighted by Gasteiger charge is 2.08. The molecule has 1 atom stereocenters. The average Bonchev–Trinajstić information content (AvgIpc) is 2.19. The molecule has 3 nitrogen and oxygen atoms in total. The standard InChI is InChI=1S/C10H13FN2O/c1-8(11)10(14)13-7-4-9-2-5-12-6-3-9/h2-3,5-6,8H,4,7H2,1H3,(H,13,14). The van der Waals surface area contributed by atoms with E-state index in [9.17, 15) is 9.18 Å². The molecule has 1 amide bonds. The largest absolute Gasteiger partial charge is 0.353 e. The molecule has 0 aliphatic heterocycles. The maximum Gasteiger partial charge on any atom is 0.254 e. The lowest BCUT2D eigenvalue weighted by Gasteiger charge is -2.05. The fourth-order valence-corrected chi connectivity index (χ4v) is 1.02. The summed E-state index contributed by atoms with van der Waals surface area (Å²) in [4.78, 5) is 14.7. The van der Waals surface area contributed by atoms with Gasteiger partial charge in [-0.1, -0.05) is 0 Å². The lowest BCUT2D eigenvalue weighted by atomic mass is 10.2. The van der Waals surface area contributed by atoms with E-state index in [2.05, 4.69) is 10.3 Å². The Balaban J connectivity index is 2.26. The molecule has 14 heavy (non-hydrogen) atoms. The first-order chi connectivity index (χ1) is 6.70. The third kappa shape index (κ3) is 3.51. The first kappa shape index (κ1) is 10.6. The van der Waals surface area contributed by atoms with Gasteiger partial charge in [-0.15, -0.1) is 0 Å². The summed E-state index contributed by atoms with van der Waals surface area (Å²) in [5.41, 5.74) is 1.08. The lowest BCUT2D eigenvalue weighted by molar-refractivity contribution is -0.125. The predicted molar refractivity (Wildman–Crippen MR) is 51.5 cm³/mol. The molecule has 1 aromatic rings. The topological polar surface area (TPSA) is 42.0 Å². The molecule has 1 N–H and O–H groups in total. The first-order valence-corrected chi connectivity index (χ1v) is 4.51. The predicted octanol–water partition coefficient (Wildman–Crippen LogP) is 1.10. The van der Waals surface area contributed by atoms with Crippen molar-refractivity contribution in [1.82, 2.24) is 10.3 Å². The van der Waals surface area contributed by atoms with E-state index in [0.717, 1.165) is 5.56 Å². The van der Waals surface area contributed by atoms with Crippen LogP contribution >= 0.6 is 0 Å². The molecule has 1 heterocycles. The van der Waals surface area contributed by atoms with Gasteiger partial charge in [0.15, 0.2) is 6.17 Å². The smallest absolute Gasteiger partial charge is 0.254 e. The monoisotopic (exact) mass is 196 g/mol. The van der Waals surface area contributed by atoms with E-state index in [1.807, 2.05) is 12.1 Å². The van der Waals surface area contributed by atoms with E-state index in [0.29, 0.717) is 13.0 Å². The molecule has 0 bridgehead atoms. The number of hydrogen-bond acceptors (Lipinski definition) is 2. The fraction of sp³-hybridized carbons (Fsp3) is 0.400. The number of halogens is 1. The molecule has 0 radical (unpaired) electrons. The highest BCUT2D eigenvalue weighted by Crippen LogP contribution is 1.96. The van der Waals surface area contributed by atoms with Crippen LogP contribution in [0.1, 0.15) is 12.5 Å². The van der Waals surface area contributed by atoms with Gasteiger partial charge < -0.3 is 5.32 Å². The van der Waals surface area contributed by atoms with Crippen molar-refractivity contribution >= 4 is 5.91 Å². The third-order valence-corrected chi connectivity index (χ3v) is 1.82. The second-order valence-electron chi connectivity index (χ2n) is 3.01. The van der Waals surface area contributed by atoms with Gasteiger partial charge in [0.25, 0.3) is 5.91 Å². The molecule has 0 aromatic carbocycles. The van der Waals surface area contributed by atoms with Crippen molar-refractivity contribution in [3.63, 3.8) is 0 Å². The normalized spacial score (nSPS) is 12.1. The van der Waals surface area contributed by atoms with Crippen molar-refractivity contribution in [2.45, 2.75) is 19.5 Å². The third-order valence-electron chi connectivity index (χ3n) is 1.82. The van der Waals surface area contributed by atoms with E-state index in [4.69, 9.17) is 0 Å². The number of aromatic nitrogens is 1. The average molecular weight is 196 g/mol. The Morgan fingerprint density at radius 2 is 2.21 bits per heavy atom. The van der Waals surface area contributed by atoms with E-state index >= 15 is 0 Å². The van der Waals surface area contributed by atoms with E-state index in [1.54, 1.807) is 12.4 Å². The highest BCUT2D eigenvalue weighted by molar-refractivity contribution is 5.80. The summed E-state index contributed by atoms with van der Waals surface area (Å²) in [5, 5.41) is 2.50. The molecule has 0 aliphatic rings. The molecule has 0 saturated heterocycles. The van der Waals surface area contributed by atoms with Gasteiger partial charge in [0.2, 0.25) is 0 Å². The molecule has 0 spiro atoms. The summed E-state index contributed by atoms with van der Waals surface area (Å²) in [5.74, 6) is -0.556. The van der Waals surface area contributed by atoms with Crippen LogP contribution in [0.5, 0.6) is 0 Å². The second-order valence-corrected chi connectivity index (χ2v) is 3.01. The summed E-state index contributed by atoms with van der Waals surface area (Å²) in [7, 11) is 0. The lowest BCUT2D eigenvalue weighted by Crippen LogP contribution is -2.31.